The molecule has 0 bridgehead atoms. The zero-order valence-electron chi connectivity index (χ0n) is 13.5. The van der Waals surface area contributed by atoms with Gasteiger partial charge in [-0.25, -0.2) is 13.2 Å². The number of hydroxylamine groups is 1. The standard InChI is InChI=1S/C11H15NO7S2.2Na/c1-11(2,3)12(13)7-8-4-5-9(20(14,15)16)6-10(8)21(17,18)19;;/h4-7H,1-3H3,(H,14,15,16)(H,17,18,19);;/q;2*+1/p-1. The SMILES string of the molecule is CC(C)(C)[N+]([O-])=Cc1ccc(S(=O)(=O)[O-])cc1S(=O)(=O)O.[Na+].[Na+]. The summed E-state index contributed by atoms with van der Waals surface area (Å²) in [5.41, 5.74) is -1.10. The van der Waals surface area contributed by atoms with Crippen molar-refractivity contribution in [1.82, 2.24) is 0 Å². The van der Waals surface area contributed by atoms with Crippen molar-refractivity contribution in [2.45, 2.75) is 36.1 Å². The van der Waals surface area contributed by atoms with Crippen molar-refractivity contribution >= 4 is 26.5 Å². The summed E-state index contributed by atoms with van der Waals surface area (Å²) < 4.78 is 64.8. The Hall–Kier alpha value is 0.510. The van der Waals surface area contributed by atoms with E-state index in [-0.39, 0.29) is 64.7 Å². The molecule has 0 aliphatic heterocycles. The van der Waals surface area contributed by atoms with E-state index in [1.54, 1.807) is 20.8 Å². The maximum atomic E-state index is 11.8. The van der Waals surface area contributed by atoms with E-state index in [0.717, 1.165) is 18.3 Å². The van der Waals surface area contributed by atoms with Crippen LogP contribution in [0, 0.1) is 5.21 Å². The van der Waals surface area contributed by atoms with Gasteiger partial charge in [-0.2, -0.15) is 8.42 Å². The van der Waals surface area contributed by atoms with Crippen molar-refractivity contribution in [1.29, 1.82) is 0 Å². The van der Waals surface area contributed by atoms with Crippen LogP contribution >= 0.6 is 0 Å². The summed E-state index contributed by atoms with van der Waals surface area (Å²) in [6, 6.07) is 2.34. The maximum Gasteiger partial charge on any atom is 1.00 e. The second-order valence-corrected chi connectivity index (χ2v) is 8.02. The molecule has 12 heteroatoms. The smallest absolute Gasteiger partial charge is 0.744 e. The number of benzene rings is 1. The predicted molar refractivity (Wildman–Crippen MR) is 72.8 cm³/mol. The second kappa shape index (κ2) is 8.75. The van der Waals surface area contributed by atoms with E-state index < -0.39 is 35.6 Å². The number of rotatable bonds is 3. The Labute approximate surface area is 179 Å². The summed E-state index contributed by atoms with van der Waals surface area (Å²) in [5.74, 6) is 0. The quantitative estimate of drug-likeness (QED) is 0.138. The molecule has 1 aromatic rings. The molecule has 0 fully saturated rings. The van der Waals surface area contributed by atoms with Crippen molar-refractivity contribution in [3.8, 4) is 0 Å². The van der Waals surface area contributed by atoms with Gasteiger partial charge in [0.25, 0.3) is 10.1 Å². The van der Waals surface area contributed by atoms with Crippen LogP contribution in [0.15, 0.2) is 28.0 Å². The molecule has 1 rings (SSSR count). The molecular weight excluding hydrogens is 368 g/mol. The predicted octanol–water partition coefficient (Wildman–Crippen LogP) is -5.43. The van der Waals surface area contributed by atoms with E-state index in [2.05, 4.69) is 0 Å². The second-order valence-electron chi connectivity index (χ2n) is 5.25. The van der Waals surface area contributed by atoms with E-state index in [0.29, 0.717) is 10.8 Å². The van der Waals surface area contributed by atoms with Gasteiger partial charge in [0.2, 0.25) is 0 Å². The molecule has 1 N–H and O–H groups in total. The molecule has 8 nitrogen and oxygen atoms in total. The fraction of sp³-hybridized carbons (Fsp3) is 0.364. The Kier molecular flexibility index (Phi) is 9.79. The van der Waals surface area contributed by atoms with Gasteiger partial charge in [0.1, 0.15) is 15.0 Å². The molecule has 0 amide bonds. The van der Waals surface area contributed by atoms with Gasteiger partial charge in [-0.3, -0.25) is 4.55 Å². The van der Waals surface area contributed by atoms with Crippen molar-refractivity contribution < 1.29 is 89.8 Å². The normalized spacial score (nSPS) is 13.0. The Morgan fingerprint density at radius 2 is 1.61 bits per heavy atom. The summed E-state index contributed by atoms with van der Waals surface area (Å²) in [6.45, 7) is 4.71. The minimum Gasteiger partial charge on any atom is -0.744 e. The van der Waals surface area contributed by atoms with Crippen LogP contribution in [0.25, 0.3) is 0 Å². The van der Waals surface area contributed by atoms with Gasteiger partial charge in [-0.1, -0.05) is 0 Å². The molecule has 0 unspecified atom stereocenters. The van der Waals surface area contributed by atoms with Crippen molar-refractivity contribution in [3.05, 3.63) is 29.0 Å². The monoisotopic (exact) mass is 382 g/mol. The molecule has 1 aromatic carbocycles. The summed E-state index contributed by atoms with van der Waals surface area (Å²) in [6.07, 6.45) is 0.893. The van der Waals surface area contributed by atoms with Crippen molar-refractivity contribution in [2.75, 3.05) is 0 Å². The van der Waals surface area contributed by atoms with Crippen LogP contribution in [0.1, 0.15) is 26.3 Å². The zero-order chi connectivity index (χ0) is 16.6. The zero-order valence-corrected chi connectivity index (χ0v) is 19.1. The van der Waals surface area contributed by atoms with Gasteiger partial charge >= 0.3 is 59.1 Å². The van der Waals surface area contributed by atoms with Gasteiger partial charge in [0, 0.05) is 20.8 Å². The van der Waals surface area contributed by atoms with Crippen molar-refractivity contribution in [3.63, 3.8) is 0 Å². The summed E-state index contributed by atoms with van der Waals surface area (Å²) in [5, 5.41) is 11.8. The Morgan fingerprint density at radius 1 is 1.13 bits per heavy atom. The summed E-state index contributed by atoms with van der Waals surface area (Å²) >= 11 is 0. The summed E-state index contributed by atoms with van der Waals surface area (Å²) in [4.78, 5) is -1.65. The molecule has 0 aliphatic rings. The van der Waals surface area contributed by atoms with Crippen LogP contribution in [0.2, 0.25) is 0 Å². The van der Waals surface area contributed by atoms with Crippen LogP contribution in [-0.2, 0) is 20.2 Å². The molecule has 0 saturated carbocycles. The Morgan fingerprint density at radius 3 is 1.96 bits per heavy atom. The van der Waals surface area contributed by atoms with Gasteiger partial charge < -0.3 is 9.76 Å². The average molecular weight is 382 g/mol. The largest absolute Gasteiger partial charge is 1.00 e. The first-order valence-electron chi connectivity index (χ1n) is 5.62. The minimum atomic E-state index is -4.89. The van der Waals surface area contributed by atoms with Crippen LogP contribution in [0.5, 0.6) is 0 Å². The molecule has 0 spiro atoms. The third-order valence-corrected chi connectivity index (χ3v) is 4.21. The topological polar surface area (TPSA) is 138 Å². The van der Waals surface area contributed by atoms with Gasteiger partial charge in [-0.15, -0.1) is 0 Å². The first-order chi connectivity index (χ1) is 9.23. The minimum absolute atomic E-state index is 0. The maximum absolute atomic E-state index is 11.8. The molecule has 0 aromatic heterocycles. The van der Waals surface area contributed by atoms with E-state index in [4.69, 9.17) is 4.55 Å². The third-order valence-electron chi connectivity index (χ3n) is 2.47. The van der Waals surface area contributed by atoms with Gasteiger partial charge in [0.05, 0.1) is 10.5 Å². The first-order valence-corrected chi connectivity index (χ1v) is 8.46. The number of hydrogen-bond donors (Lipinski definition) is 1. The van der Waals surface area contributed by atoms with E-state index in [9.17, 15) is 26.6 Å². The molecule has 0 saturated heterocycles. The molecule has 0 aliphatic carbocycles. The van der Waals surface area contributed by atoms with Gasteiger partial charge in [-0.05, 0) is 18.2 Å². The molecule has 23 heavy (non-hydrogen) atoms. The summed E-state index contributed by atoms with van der Waals surface area (Å²) in [7, 11) is -9.70. The fourth-order valence-corrected chi connectivity index (χ4v) is 2.59. The average Bonchev–Trinajstić information content (AvgIpc) is 2.25. The molecule has 118 valence electrons. The number of hydrogen-bond acceptors (Lipinski definition) is 6. The van der Waals surface area contributed by atoms with Crippen LogP contribution in [0.3, 0.4) is 0 Å². The van der Waals surface area contributed by atoms with Gasteiger partial charge in [0.15, 0.2) is 11.8 Å². The molecule has 0 heterocycles. The number of nitrogens with zero attached hydrogens (tertiary/aromatic N) is 1. The van der Waals surface area contributed by atoms with E-state index >= 15 is 0 Å². The molecule has 0 atom stereocenters. The Bertz CT molecular complexity index is 796. The molecular formula is C11H14NNa2O7S2+. The molecule has 0 radical (unpaired) electrons. The van der Waals surface area contributed by atoms with Crippen LogP contribution in [0.4, 0.5) is 0 Å². The van der Waals surface area contributed by atoms with E-state index in [1.165, 1.54) is 0 Å². The van der Waals surface area contributed by atoms with Crippen LogP contribution in [-0.4, -0.2) is 42.4 Å². The van der Waals surface area contributed by atoms with E-state index in [1.807, 2.05) is 0 Å². The third kappa shape index (κ3) is 7.51. The van der Waals surface area contributed by atoms with Crippen molar-refractivity contribution in [2.24, 2.45) is 0 Å². The van der Waals surface area contributed by atoms with Crippen LogP contribution < -0.4 is 59.1 Å². The Balaban J connectivity index is 0. The fourth-order valence-electron chi connectivity index (χ4n) is 1.32. The first kappa shape index (κ1) is 25.7.